The third kappa shape index (κ3) is 4.47. The molecule has 1 N–H and O–H groups in total. The van der Waals surface area contributed by atoms with Gasteiger partial charge in [-0.3, -0.25) is 4.79 Å². The highest BCUT2D eigenvalue weighted by molar-refractivity contribution is 5.78. The van der Waals surface area contributed by atoms with E-state index in [4.69, 9.17) is 4.74 Å². The summed E-state index contributed by atoms with van der Waals surface area (Å²) in [4.78, 5) is 23.3. The number of aromatic nitrogens is 2. The van der Waals surface area contributed by atoms with E-state index in [-0.39, 0.29) is 5.91 Å². The van der Waals surface area contributed by atoms with Crippen molar-refractivity contribution in [2.75, 3.05) is 25.1 Å². The summed E-state index contributed by atoms with van der Waals surface area (Å²) in [6.45, 7) is 4.40. The van der Waals surface area contributed by atoms with Gasteiger partial charge in [0.05, 0.1) is 20.1 Å². The van der Waals surface area contributed by atoms with Gasteiger partial charge in [-0.05, 0) is 43.0 Å². The van der Waals surface area contributed by atoms with Crippen LogP contribution in [0.15, 0.2) is 30.5 Å². The van der Waals surface area contributed by atoms with Gasteiger partial charge in [-0.15, -0.1) is 0 Å². The van der Waals surface area contributed by atoms with Crippen molar-refractivity contribution in [3.63, 3.8) is 0 Å². The Bertz CT molecular complexity index is 742. The number of aryl methyl sites for hydroxylation is 1. The molecule has 0 aliphatic carbocycles. The highest BCUT2D eigenvalue weighted by Gasteiger charge is 2.14. The lowest BCUT2D eigenvalue weighted by Crippen LogP contribution is -2.26. The van der Waals surface area contributed by atoms with Gasteiger partial charge >= 0.3 is 0 Å². The van der Waals surface area contributed by atoms with E-state index in [1.807, 2.05) is 31.2 Å². The maximum Gasteiger partial charge on any atom is 0.224 e. The van der Waals surface area contributed by atoms with E-state index >= 15 is 0 Å². The van der Waals surface area contributed by atoms with E-state index in [9.17, 15) is 4.79 Å². The molecule has 0 unspecified atom stereocenters. The van der Waals surface area contributed by atoms with Crippen LogP contribution in [0.3, 0.4) is 0 Å². The summed E-state index contributed by atoms with van der Waals surface area (Å²) in [7, 11) is 1.64. The topological polar surface area (TPSA) is 67.3 Å². The normalized spacial score (nSPS) is 13.8. The van der Waals surface area contributed by atoms with Gasteiger partial charge in [-0.25, -0.2) is 9.97 Å². The number of ether oxygens (including phenoxy) is 1. The number of benzene rings is 1. The lowest BCUT2D eigenvalue weighted by molar-refractivity contribution is -0.120. The molecule has 0 saturated carbocycles. The third-order valence-corrected chi connectivity index (χ3v) is 4.39. The Labute approximate surface area is 148 Å². The summed E-state index contributed by atoms with van der Waals surface area (Å²) < 4.78 is 5.24. The molecule has 1 fully saturated rings. The number of anilines is 1. The number of nitrogens with zero attached hydrogens (tertiary/aromatic N) is 3. The van der Waals surface area contributed by atoms with Crippen LogP contribution in [0.4, 0.5) is 5.82 Å². The Morgan fingerprint density at radius 1 is 1.28 bits per heavy atom. The summed E-state index contributed by atoms with van der Waals surface area (Å²) >= 11 is 0. The summed E-state index contributed by atoms with van der Waals surface area (Å²) in [5.41, 5.74) is 1.98. The van der Waals surface area contributed by atoms with Crippen molar-refractivity contribution >= 4 is 11.7 Å². The number of rotatable bonds is 6. The molecule has 6 nitrogen and oxygen atoms in total. The molecular formula is C19H24N4O2. The van der Waals surface area contributed by atoms with Gasteiger partial charge in [0.1, 0.15) is 17.4 Å². The first-order valence-electron chi connectivity index (χ1n) is 8.63. The van der Waals surface area contributed by atoms with Gasteiger partial charge < -0.3 is 15.0 Å². The standard InChI is InChI=1S/C19H24N4O2/c1-14-11-15(5-6-16(14)25-2)12-19(24)21-13-17-20-8-7-18(22-17)23-9-3-4-10-23/h5-8,11H,3-4,9-10,12-13H2,1-2H3,(H,21,24). The summed E-state index contributed by atoms with van der Waals surface area (Å²) in [6, 6.07) is 7.70. The van der Waals surface area contributed by atoms with E-state index in [0.29, 0.717) is 18.8 Å². The molecule has 1 aromatic carbocycles. The molecule has 0 radical (unpaired) electrons. The fourth-order valence-corrected chi connectivity index (χ4v) is 3.07. The molecule has 1 saturated heterocycles. The Morgan fingerprint density at radius 2 is 2.08 bits per heavy atom. The zero-order chi connectivity index (χ0) is 17.6. The third-order valence-electron chi connectivity index (χ3n) is 4.39. The largest absolute Gasteiger partial charge is 0.496 e. The van der Waals surface area contributed by atoms with Crippen LogP contribution in [-0.4, -0.2) is 36.1 Å². The Morgan fingerprint density at radius 3 is 2.80 bits per heavy atom. The molecule has 1 aliphatic heterocycles. The van der Waals surface area contributed by atoms with Crippen LogP contribution < -0.4 is 15.0 Å². The number of hydrogen-bond donors (Lipinski definition) is 1. The van der Waals surface area contributed by atoms with Crippen molar-refractivity contribution in [2.24, 2.45) is 0 Å². The second-order valence-corrected chi connectivity index (χ2v) is 6.28. The van der Waals surface area contributed by atoms with Gasteiger partial charge in [-0.2, -0.15) is 0 Å². The first-order valence-corrected chi connectivity index (χ1v) is 8.63. The smallest absolute Gasteiger partial charge is 0.224 e. The summed E-state index contributed by atoms with van der Waals surface area (Å²) in [5.74, 6) is 2.38. The maximum absolute atomic E-state index is 12.2. The second kappa shape index (κ2) is 7.96. The fourth-order valence-electron chi connectivity index (χ4n) is 3.07. The van der Waals surface area contributed by atoms with Crippen molar-refractivity contribution in [1.82, 2.24) is 15.3 Å². The van der Waals surface area contributed by atoms with E-state index in [1.165, 1.54) is 12.8 Å². The van der Waals surface area contributed by atoms with Crippen LogP contribution in [0.5, 0.6) is 5.75 Å². The predicted molar refractivity (Wildman–Crippen MR) is 96.8 cm³/mol. The van der Waals surface area contributed by atoms with Crippen LogP contribution in [0.2, 0.25) is 0 Å². The molecule has 1 aromatic heterocycles. The first-order chi connectivity index (χ1) is 12.2. The van der Waals surface area contributed by atoms with Crippen molar-refractivity contribution in [3.8, 4) is 5.75 Å². The molecule has 132 valence electrons. The van der Waals surface area contributed by atoms with E-state index in [0.717, 1.165) is 35.8 Å². The minimum absolute atomic E-state index is 0.0419. The number of hydrogen-bond acceptors (Lipinski definition) is 5. The molecule has 6 heteroatoms. The SMILES string of the molecule is COc1ccc(CC(=O)NCc2nccc(N3CCCC3)n2)cc1C. The molecular weight excluding hydrogens is 316 g/mol. The first kappa shape index (κ1) is 17.2. The van der Waals surface area contributed by atoms with E-state index in [2.05, 4.69) is 20.2 Å². The number of nitrogens with one attached hydrogen (secondary N) is 1. The van der Waals surface area contributed by atoms with Crippen molar-refractivity contribution in [1.29, 1.82) is 0 Å². The monoisotopic (exact) mass is 340 g/mol. The number of amides is 1. The molecule has 0 atom stereocenters. The van der Waals surface area contributed by atoms with Gasteiger partial charge in [-0.1, -0.05) is 12.1 Å². The van der Waals surface area contributed by atoms with Crippen LogP contribution in [0.25, 0.3) is 0 Å². The second-order valence-electron chi connectivity index (χ2n) is 6.28. The minimum atomic E-state index is -0.0419. The molecule has 0 bridgehead atoms. The molecule has 1 aliphatic rings. The molecule has 2 heterocycles. The summed E-state index contributed by atoms with van der Waals surface area (Å²) in [6.07, 6.45) is 4.50. The van der Waals surface area contributed by atoms with E-state index < -0.39 is 0 Å². The van der Waals surface area contributed by atoms with E-state index in [1.54, 1.807) is 13.3 Å². The van der Waals surface area contributed by atoms with Crippen LogP contribution in [0.1, 0.15) is 29.8 Å². The van der Waals surface area contributed by atoms with Gasteiger partial charge in [0.15, 0.2) is 0 Å². The number of carbonyl (C=O) groups excluding carboxylic acids is 1. The van der Waals surface area contributed by atoms with Crippen molar-refractivity contribution < 1.29 is 9.53 Å². The Balaban J connectivity index is 1.55. The number of methoxy groups -OCH3 is 1. The van der Waals surface area contributed by atoms with Crippen LogP contribution in [-0.2, 0) is 17.8 Å². The average molecular weight is 340 g/mol. The van der Waals surface area contributed by atoms with Gasteiger partial charge in [0, 0.05) is 19.3 Å². The highest BCUT2D eigenvalue weighted by atomic mass is 16.5. The molecule has 25 heavy (non-hydrogen) atoms. The zero-order valence-corrected chi connectivity index (χ0v) is 14.8. The summed E-state index contributed by atoms with van der Waals surface area (Å²) in [5, 5.41) is 2.90. The zero-order valence-electron chi connectivity index (χ0n) is 14.8. The molecule has 3 rings (SSSR count). The lowest BCUT2D eigenvalue weighted by atomic mass is 10.1. The highest BCUT2D eigenvalue weighted by Crippen LogP contribution is 2.19. The molecule has 0 spiro atoms. The van der Waals surface area contributed by atoms with Crippen molar-refractivity contribution in [3.05, 3.63) is 47.4 Å². The van der Waals surface area contributed by atoms with Crippen LogP contribution >= 0.6 is 0 Å². The van der Waals surface area contributed by atoms with Gasteiger partial charge in [0.2, 0.25) is 5.91 Å². The Kier molecular flexibility index (Phi) is 5.48. The predicted octanol–water partition coefficient (Wildman–Crippen LogP) is 2.25. The minimum Gasteiger partial charge on any atom is -0.496 e. The van der Waals surface area contributed by atoms with Gasteiger partial charge in [0.25, 0.3) is 0 Å². The quantitative estimate of drug-likeness (QED) is 0.874. The lowest BCUT2D eigenvalue weighted by Gasteiger charge is -2.16. The maximum atomic E-state index is 12.2. The number of carbonyl (C=O) groups is 1. The van der Waals surface area contributed by atoms with Crippen LogP contribution in [0, 0.1) is 6.92 Å². The molecule has 2 aromatic rings. The fraction of sp³-hybridized carbons (Fsp3) is 0.421. The van der Waals surface area contributed by atoms with Crippen molar-refractivity contribution in [2.45, 2.75) is 32.7 Å². The molecule has 1 amide bonds. The average Bonchev–Trinajstić information content (AvgIpc) is 3.15. The Hall–Kier alpha value is -2.63.